The standard InChI is InChI=1S/C19H20BrN5O2/c1-12-9-13(2)25-19(21-12)22-17(23-25)10-18(26)24-7-8-27-16(11-24)14-3-5-15(20)6-4-14/h3-6,9,16H,7-8,10-11H2,1-2H3. The molecule has 4 rings (SSSR count). The van der Waals surface area contributed by atoms with Crippen LogP contribution in [0.3, 0.4) is 0 Å². The molecular weight excluding hydrogens is 410 g/mol. The van der Waals surface area contributed by atoms with E-state index in [1.165, 1.54) is 0 Å². The Labute approximate surface area is 165 Å². The number of rotatable bonds is 3. The number of hydrogen-bond donors (Lipinski definition) is 0. The third-order valence-corrected chi connectivity index (χ3v) is 5.16. The Kier molecular flexibility index (Phi) is 4.92. The van der Waals surface area contributed by atoms with E-state index in [1.807, 2.05) is 49.1 Å². The first kappa shape index (κ1) is 18.1. The number of nitrogens with zero attached hydrogens (tertiary/aromatic N) is 5. The summed E-state index contributed by atoms with van der Waals surface area (Å²) in [5.74, 6) is 1.03. The molecule has 1 unspecified atom stereocenters. The molecule has 1 atom stereocenters. The topological polar surface area (TPSA) is 72.6 Å². The fourth-order valence-corrected chi connectivity index (χ4v) is 3.55. The van der Waals surface area contributed by atoms with Gasteiger partial charge in [0.25, 0.3) is 5.78 Å². The fourth-order valence-electron chi connectivity index (χ4n) is 3.28. The molecule has 0 N–H and O–H groups in total. The lowest BCUT2D eigenvalue weighted by Crippen LogP contribution is -2.43. The lowest BCUT2D eigenvalue weighted by molar-refractivity contribution is -0.138. The van der Waals surface area contributed by atoms with Crippen LogP contribution in [0.2, 0.25) is 0 Å². The van der Waals surface area contributed by atoms with E-state index >= 15 is 0 Å². The zero-order valence-electron chi connectivity index (χ0n) is 15.2. The molecule has 7 nitrogen and oxygen atoms in total. The highest BCUT2D eigenvalue weighted by Gasteiger charge is 2.26. The van der Waals surface area contributed by atoms with E-state index in [4.69, 9.17) is 4.74 Å². The van der Waals surface area contributed by atoms with Crippen molar-refractivity contribution >= 4 is 27.6 Å². The average Bonchev–Trinajstić information content (AvgIpc) is 3.05. The summed E-state index contributed by atoms with van der Waals surface area (Å²) in [6.45, 7) is 5.50. The first-order valence-electron chi connectivity index (χ1n) is 8.84. The predicted octanol–water partition coefficient (Wildman–Crippen LogP) is 2.65. The number of carbonyl (C=O) groups is 1. The molecule has 0 radical (unpaired) electrons. The number of amides is 1. The van der Waals surface area contributed by atoms with E-state index in [0.717, 1.165) is 21.4 Å². The van der Waals surface area contributed by atoms with Crippen molar-refractivity contribution in [2.75, 3.05) is 19.7 Å². The first-order chi connectivity index (χ1) is 13.0. The molecule has 0 bridgehead atoms. The van der Waals surface area contributed by atoms with E-state index in [-0.39, 0.29) is 18.4 Å². The Morgan fingerprint density at radius 1 is 1.26 bits per heavy atom. The summed E-state index contributed by atoms with van der Waals surface area (Å²) in [6, 6.07) is 9.94. The zero-order chi connectivity index (χ0) is 19.0. The highest BCUT2D eigenvalue weighted by atomic mass is 79.9. The van der Waals surface area contributed by atoms with Crippen LogP contribution in [0.25, 0.3) is 5.78 Å². The quantitative estimate of drug-likeness (QED) is 0.639. The van der Waals surface area contributed by atoms with Gasteiger partial charge < -0.3 is 9.64 Å². The number of aryl methyl sites for hydroxylation is 2. The number of ether oxygens (including phenoxy) is 1. The maximum absolute atomic E-state index is 12.8. The molecule has 140 valence electrons. The lowest BCUT2D eigenvalue weighted by Gasteiger charge is -2.33. The number of halogens is 1. The molecule has 1 aliphatic rings. The van der Waals surface area contributed by atoms with E-state index in [9.17, 15) is 4.79 Å². The molecular formula is C19H20BrN5O2. The van der Waals surface area contributed by atoms with Crippen molar-refractivity contribution < 1.29 is 9.53 Å². The van der Waals surface area contributed by atoms with Crippen LogP contribution < -0.4 is 0 Å². The minimum Gasteiger partial charge on any atom is -0.370 e. The molecule has 2 aromatic heterocycles. The molecule has 0 spiro atoms. The molecule has 8 heteroatoms. The van der Waals surface area contributed by atoms with Crippen LogP contribution >= 0.6 is 15.9 Å². The largest absolute Gasteiger partial charge is 0.370 e. The van der Waals surface area contributed by atoms with Crippen molar-refractivity contribution in [2.24, 2.45) is 0 Å². The molecule has 1 aliphatic heterocycles. The number of fused-ring (bicyclic) bond motifs is 1. The summed E-state index contributed by atoms with van der Waals surface area (Å²) in [5.41, 5.74) is 2.90. The minimum atomic E-state index is -0.114. The molecule has 1 saturated heterocycles. The first-order valence-corrected chi connectivity index (χ1v) is 9.63. The van der Waals surface area contributed by atoms with Gasteiger partial charge in [-0.3, -0.25) is 4.79 Å². The molecule has 1 aromatic carbocycles. The van der Waals surface area contributed by atoms with Gasteiger partial charge in [-0.2, -0.15) is 4.98 Å². The third kappa shape index (κ3) is 3.86. The zero-order valence-corrected chi connectivity index (χ0v) is 16.8. The highest BCUT2D eigenvalue weighted by Crippen LogP contribution is 2.24. The second-order valence-corrected chi connectivity index (χ2v) is 7.62. The highest BCUT2D eigenvalue weighted by molar-refractivity contribution is 9.10. The van der Waals surface area contributed by atoms with E-state index < -0.39 is 0 Å². The van der Waals surface area contributed by atoms with E-state index in [0.29, 0.717) is 31.3 Å². The number of morpholine rings is 1. The molecule has 3 heterocycles. The van der Waals surface area contributed by atoms with Gasteiger partial charge in [0.1, 0.15) is 6.10 Å². The van der Waals surface area contributed by atoms with Crippen LogP contribution in [0.1, 0.15) is 28.9 Å². The number of aromatic nitrogens is 4. The van der Waals surface area contributed by atoms with Crippen molar-refractivity contribution in [1.29, 1.82) is 0 Å². The Bertz CT molecular complexity index is 986. The van der Waals surface area contributed by atoms with Gasteiger partial charge in [-0.15, -0.1) is 5.10 Å². The van der Waals surface area contributed by atoms with Crippen molar-refractivity contribution in [2.45, 2.75) is 26.4 Å². The summed E-state index contributed by atoms with van der Waals surface area (Å²) >= 11 is 3.44. The summed E-state index contributed by atoms with van der Waals surface area (Å²) < 4.78 is 8.56. The van der Waals surface area contributed by atoms with Crippen LogP contribution in [0.5, 0.6) is 0 Å². The SMILES string of the molecule is Cc1cc(C)n2nc(CC(=O)N3CCOC(c4ccc(Br)cc4)C3)nc2n1. The van der Waals surface area contributed by atoms with Gasteiger partial charge in [0.05, 0.1) is 19.6 Å². The van der Waals surface area contributed by atoms with Gasteiger partial charge in [-0.25, -0.2) is 9.50 Å². The van der Waals surface area contributed by atoms with Crippen LogP contribution in [-0.4, -0.2) is 50.1 Å². The van der Waals surface area contributed by atoms with E-state index in [1.54, 1.807) is 4.52 Å². The Hall–Kier alpha value is -2.32. The van der Waals surface area contributed by atoms with Gasteiger partial charge in [-0.05, 0) is 37.6 Å². The van der Waals surface area contributed by atoms with Gasteiger partial charge in [0, 0.05) is 22.4 Å². The van der Waals surface area contributed by atoms with Crippen molar-refractivity contribution in [1.82, 2.24) is 24.5 Å². The lowest BCUT2D eigenvalue weighted by atomic mass is 10.1. The van der Waals surface area contributed by atoms with Gasteiger partial charge in [-0.1, -0.05) is 28.1 Å². The number of benzene rings is 1. The molecule has 27 heavy (non-hydrogen) atoms. The monoisotopic (exact) mass is 429 g/mol. The van der Waals surface area contributed by atoms with Gasteiger partial charge in [0.15, 0.2) is 5.82 Å². The summed E-state index contributed by atoms with van der Waals surface area (Å²) in [5, 5.41) is 4.43. The van der Waals surface area contributed by atoms with Crippen molar-refractivity contribution in [3.8, 4) is 0 Å². The van der Waals surface area contributed by atoms with Crippen LogP contribution in [-0.2, 0) is 16.0 Å². The fraction of sp³-hybridized carbons (Fsp3) is 0.368. The summed E-state index contributed by atoms with van der Waals surface area (Å²) in [4.78, 5) is 23.4. The second kappa shape index (κ2) is 7.36. The molecule has 0 saturated carbocycles. The maximum atomic E-state index is 12.8. The molecule has 3 aromatic rings. The van der Waals surface area contributed by atoms with Gasteiger partial charge in [0.2, 0.25) is 5.91 Å². The average molecular weight is 430 g/mol. The van der Waals surface area contributed by atoms with Crippen LogP contribution in [0.4, 0.5) is 0 Å². The van der Waals surface area contributed by atoms with Crippen molar-refractivity contribution in [3.05, 3.63) is 57.6 Å². The normalized spacial score (nSPS) is 17.4. The number of carbonyl (C=O) groups excluding carboxylic acids is 1. The number of hydrogen-bond acceptors (Lipinski definition) is 5. The summed E-state index contributed by atoms with van der Waals surface area (Å²) in [6.07, 6.45) is 0.0472. The second-order valence-electron chi connectivity index (χ2n) is 6.71. The molecule has 0 aliphatic carbocycles. The Morgan fingerprint density at radius 3 is 2.81 bits per heavy atom. The van der Waals surface area contributed by atoms with Crippen molar-refractivity contribution in [3.63, 3.8) is 0 Å². The van der Waals surface area contributed by atoms with E-state index in [2.05, 4.69) is 31.0 Å². The summed E-state index contributed by atoms with van der Waals surface area (Å²) in [7, 11) is 0. The maximum Gasteiger partial charge on any atom is 0.252 e. The molecule has 1 amide bonds. The minimum absolute atomic E-state index is 0.00527. The smallest absolute Gasteiger partial charge is 0.252 e. The Morgan fingerprint density at radius 2 is 2.04 bits per heavy atom. The van der Waals surface area contributed by atoms with Gasteiger partial charge >= 0.3 is 0 Å². The van der Waals surface area contributed by atoms with Crippen LogP contribution in [0.15, 0.2) is 34.8 Å². The van der Waals surface area contributed by atoms with Crippen LogP contribution in [0, 0.1) is 13.8 Å². The Balaban J connectivity index is 1.47. The molecule has 1 fully saturated rings. The third-order valence-electron chi connectivity index (χ3n) is 4.63. The predicted molar refractivity (Wildman–Crippen MR) is 103 cm³/mol.